The van der Waals surface area contributed by atoms with Crippen molar-refractivity contribution in [2.45, 2.75) is 4.90 Å². The Morgan fingerprint density at radius 2 is 1.71 bits per heavy atom. The first-order chi connectivity index (χ1) is 16.6. The van der Waals surface area contributed by atoms with Gasteiger partial charge in [0.05, 0.1) is 18.6 Å². The molecule has 0 saturated carbocycles. The number of ether oxygens (including phenoxy) is 1. The molecule has 0 bridgehead atoms. The second-order valence-electron chi connectivity index (χ2n) is 7.08. The van der Waals surface area contributed by atoms with Crippen LogP contribution in [-0.4, -0.2) is 28.9 Å². The molecule has 172 valence electrons. The normalized spacial score (nSPS) is 10.4. The van der Waals surface area contributed by atoms with E-state index in [1.54, 1.807) is 7.11 Å². The summed E-state index contributed by atoms with van der Waals surface area (Å²) in [5.41, 5.74) is 3.55. The summed E-state index contributed by atoms with van der Waals surface area (Å²) in [5, 5.41) is 12.2. The average molecular weight is 507 g/mol. The van der Waals surface area contributed by atoms with Gasteiger partial charge in [0.25, 0.3) is 0 Å². The molecule has 4 aromatic rings. The molecule has 3 N–H and O–H groups in total. The summed E-state index contributed by atoms with van der Waals surface area (Å²) in [6.07, 6.45) is 0. The molecule has 3 aromatic carbocycles. The van der Waals surface area contributed by atoms with Gasteiger partial charge in [-0.05, 0) is 66.8 Å². The number of rotatable bonds is 8. The van der Waals surface area contributed by atoms with E-state index in [0.29, 0.717) is 10.2 Å². The molecule has 0 saturated heterocycles. The maximum absolute atomic E-state index is 12.5. The number of amides is 1. The number of thioether (sulfide) groups is 1. The Kier molecular flexibility index (Phi) is 8.13. The number of nitrogens with one attached hydrogen (secondary N) is 3. The van der Waals surface area contributed by atoms with Crippen molar-refractivity contribution >= 4 is 62.8 Å². The lowest BCUT2D eigenvalue weighted by Gasteiger charge is -2.11. The first kappa shape index (κ1) is 23.7. The summed E-state index contributed by atoms with van der Waals surface area (Å²) in [5.74, 6) is 0.950. The Morgan fingerprint density at radius 1 is 0.971 bits per heavy atom. The summed E-state index contributed by atoms with van der Waals surface area (Å²) in [7, 11) is 1.63. The van der Waals surface area contributed by atoms with Crippen molar-refractivity contribution in [1.82, 2.24) is 4.98 Å². The molecule has 4 rings (SSSR count). The van der Waals surface area contributed by atoms with Crippen molar-refractivity contribution in [3.63, 3.8) is 0 Å². The quantitative estimate of drug-likeness (QED) is 0.190. The molecule has 0 aliphatic rings. The Labute approximate surface area is 211 Å². The lowest BCUT2D eigenvalue weighted by molar-refractivity contribution is -0.113. The van der Waals surface area contributed by atoms with Gasteiger partial charge in [-0.3, -0.25) is 4.79 Å². The third-order valence-electron chi connectivity index (χ3n) is 4.63. The minimum absolute atomic E-state index is 0.111. The lowest BCUT2D eigenvalue weighted by atomic mass is 10.2. The van der Waals surface area contributed by atoms with E-state index >= 15 is 0 Å². The standard InChI is InChI=1S/C25H22N4O2S3/c1-31-20-12-10-17(11-13-20)22-15-34-25(28-22)29-23(30)16-33-21-9-5-8-19(14-21)27-24(32)26-18-6-3-2-4-7-18/h2-15H,16H2,1H3,(H2,26,27,32)(H,28,29,30). The van der Waals surface area contributed by atoms with E-state index in [0.717, 1.165) is 33.3 Å². The summed E-state index contributed by atoms with van der Waals surface area (Å²) in [6, 6.07) is 25.2. The maximum atomic E-state index is 12.5. The van der Waals surface area contributed by atoms with Gasteiger partial charge in [0.2, 0.25) is 5.91 Å². The molecule has 1 heterocycles. The van der Waals surface area contributed by atoms with Crippen LogP contribution in [0.5, 0.6) is 5.75 Å². The monoisotopic (exact) mass is 506 g/mol. The Balaban J connectivity index is 1.28. The highest BCUT2D eigenvalue weighted by Gasteiger charge is 2.09. The summed E-state index contributed by atoms with van der Waals surface area (Å²) in [6.45, 7) is 0. The number of nitrogens with zero attached hydrogens (tertiary/aromatic N) is 1. The number of para-hydroxylation sites is 1. The predicted molar refractivity (Wildman–Crippen MR) is 146 cm³/mol. The number of carbonyl (C=O) groups is 1. The van der Waals surface area contributed by atoms with Crippen LogP contribution in [0, 0.1) is 0 Å². The minimum atomic E-state index is -0.111. The third-order valence-corrected chi connectivity index (χ3v) is 6.59. The van der Waals surface area contributed by atoms with Crippen LogP contribution in [0.4, 0.5) is 16.5 Å². The second-order valence-corrected chi connectivity index (χ2v) is 9.39. The van der Waals surface area contributed by atoms with Crippen LogP contribution in [0.15, 0.2) is 89.1 Å². The molecule has 0 radical (unpaired) electrons. The zero-order valence-electron chi connectivity index (χ0n) is 18.3. The Morgan fingerprint density at radius 3 is 2.47 bits per heavy atom. The van der Waals surface area contributed by atoms with E-state index in [4.69, 9.17) is 17.0 Å². The van der Waals surface area contributed by atoms with Crippen LogP contribution in [-0.2, 0) is 4.79 Å². The van der Waals surface area contributed by atoms with Crippen LogP contribution in [0.3, 0.4) is 0 Å². The molecule has 34 heavy (non-hydrogen) atoms. The van der Waals surface area contributed by atoms with E-state index in [2.05, 4.69) is 20.9 Å². The molecule has 0 atom stereocenters. The number of aromatic nitrogens is 1. The molecular weight excluding hydrogens is 485 g/mol. The molecule has 0 aliphatic heterocycles. The molecule has 1 amide bonds. The van der Waals surface area contributed by atoms with E-state index < -0.39 is 0 Å². The minimum Gasteiger partial charge on any atom is -0.497 e. The highest BCUT2D eigenvalue weighted by molar-refractivity contribution is 8.00. The lowest BCUT2D eigenvalue weighted by Crippen LogP contribution is -2.19. The number of hydrogen-bond acceptors (Lipinski definition) is 6. The fraction of sp³-hybridized carbons (Fsp3) is 0.0800. The molecule has 0 spiro atoms. The second kappa shape index (κ2) is 11.6. The molecule has 9 heteroatoms. The van der Waals surface area contributed by atoms with Crippen LogP contribution in [0.2, 0.25) is 0 Å². The molecular formula is C25H22N4O2S3. The van der Waals surface area contributed by atoms with Gasteiger partial charge in [-0.15, -0.1) is 23.1 Å². The SMILES string of the molecule is COc1ccc(-c2csc(NC(=O)CSc3cccc(NC(=S)Nc4ccccc4)c3)n2)cc1. The van der Waals surface area contributed by atoms with Gasteiger partial charge in [-0.1, -0.05) is 24.3 Å². The number of hydrogen-bond donors (Lipinski definition) is 3. The van der Waals surface area contributed by atoms with E-state index in [1.807, 2.05) is 84.2 Å². The van der Waals surface area contributed by atoms with Crippen molar-refractivity contribution in [3.05, 3.63) is 84.2 Å². The fourth-order valence-corrected chi connectivity index (χ4v) is 4.73. The highest BCUT2D eigenvalue weighted by atomic mass is 32.2. The number of thiazole rings is 1. The molecule has 0 fully saturated rings. The predicted octanol–water partition coefficient (Wildman–Crippen LogP) is 6.36. The van der Waals surface area contributed by atoms with Gasteiger partial charge < -0.3 is 20.7 Å². The van der Waals surface area contributed by atoms with Crippen LogP contribution in [0.1, 0.15) is 0 Å². The summed E-state index contributed by atoms with van der Waals surface area (Å²) < 4.78 is 5.19. The Bertz CT molecular complexity index is 1260. The average Bonchev–Trinajstić information content (AvgIpc) is 3.32. The number of methoxy groups -OCH3 is 1. The number of carbonyl (C=O) groups excluding carboxylic acids is 1. The highest BCUT2D eigenvalue weighted by Crippen LogP contribution is 2.27. The zero-order valence-corrected chi connectivity index (χ0v) is 20.7. The van der Waals surface area contributed by atoms with Crippen LogP contribution >= 0.6 is 35.3 Å². The summed E-state index contributed by atoms with van der Waals surface area (Å²) >= 11 is 8.23. The third kappa shape index (κ3) is 6.80. The first-order valence-electron chi connectivity index (χ1n) is 10.3. The smallest absolute Gasteiger partial charge is 0.236 e. The van der Waals surface area contributed by atoms with Crippen molar-refractivity contribution < 1.29 is 9.53 Å². The topological polar surface area (TPSA) is 75.3 Å². The number of anilines is 3. The van der Waals surface area contributed by atoms with Gasteiger partial charge in [-0.2, -0.15) is 0 Å². The van der Waals surface area contributed by atoms with Gasteiger partial charge in [-0.25, -0.2) is 4.98 Å². The van der Waals surface area contributed by atoms with Crippen LogP contribution < -0.4 is 20.7 Å². The molecule has 0 aliphatic carbocycles. The van der Waals surface area contributed by atoms with Gasteiger partial charge in [0.15, 0.2) is 10.2 Å². The maximum Gasteiger partial charge on any atom is 0.236 e. The van der Waals surface area contributed by atoms with E-state index in [9.17, 15) is 4.79 Å². The van der Waals surface area contributed by atoms with Crippen molar-refractivity contribution in [2.24, 2.45) is 0 Å². The molecule has 0 unspecified atom stereocenters. The zero-order chi connectivity index (χ0) is 23.8. The number of benzene rings is 3. The van der Waals surface area contributed by atoms with Crippen LogP contribution in [0.25, 0.3) is 11.3 Å². The van der Waals surface area contributed by atoms with Gasteiger partial charge in [0, 0.05) is 27.2 Å². The first-order valence-corrected chi connectivity index (χ1v) is 12.6. The molecule has 6 nitrogen and oxygen atoms in total. The fourth-order valence-electron chi connectivity index (χ4n) is 3.01. The van der Waals surface area contributed by atoms with E-state index in [-0.39, 0.29) is 11.7 Å². The van der Waals surface area contributed by atoms with Gasteiger partial charge >= 0.3 is 0 Å². The largest absolute Gasteiger partial charge is 0.497 e. The van der Waals surface area contributed by atoms with E-state index in [1.165, 1.54) is 23.1 Å². The summed E-state index contributed by atoms with van der Waals surface area (Å²) in [4.78, 5) is 17.9. The number of thiocarbonyl (C=S) groups is 1. The Hall–Kier alpha value is -3.40. The van der Waals surface area contributed by atoms with Gasteiger partial charge in [0.1, 0.15) is 5.75 Å². The van der Waals surface area contributed by atoms with Crippen molar-refractivity contribution in [3.8, 4) is 17.0 Å². The van der Waals surface area contributed by atoms with Crippen molar-refractivity contribution in [2.75, 3.05) is 28.8 Å². The van der Waals surface area contributed by atoms with Crippen molar-refractivity contribution in [1.29, 1.82) is 0 Å². The molecule has 1 aromatic heterocycles.